The second-order valence-corrected chi connectivity index (χ2v) is 6.26. The molecule has 6 heteroatoms. The SMILES string of the molecule is COCC(C)CNS(=O)(=O)CC(=O)c1ccccc1. The molecular weight excluding hydrogens is 266 g/mol. The Labute approximate surface area is 114 Å². The molecule has 5 nitrogen and oxygen atoms in total. The number of hydrogen-bond donors (Lipinski definition) is 1. The predicted molar refractivity (Wildman–Crippen MR) is 73.6 cm³/mol. The zero-order valence-corrected chi connectivity index (χ0v) is 11.9. The van der Waals surface area contributed by atoms with Crippen LogP contribution in [0, 0.1) is 5.92 Å². The molecule has 1 N–H and O–H groups in total. The Hall–Kier alpha value is -1.24. The van der Waals surface area contributed by atoms with Crippen molar-refractivity contribution >= 4 is 15.8 Å². The molecule has 0 radical (unpaired) electrons. The summed E-state index contributed by atoms with van der Waals surface area (Å²) in [4.78, 5) is 11.8. The number of hydrogen-bond acceptors (Lipinski definition) is 4. The average Bonchev–Trinajstić information content (AvgIpc) is 2.37. The lowest BCUT2D eigenvalue weighted by Crippen LogP contribution is -2.34. The van der Waals surface area contributed by atoms with Crippen molar-refractivity contribution in [1.82, 2.24) is 4.72 Å². The summed E-state index contributed by atoms with van der Waals surface area (Å²) in [6.45, 7) is 2.60. The van der Waals surface area contributed by atoms with Gasteiger partial charge in [0.05, 0.1) is 0 Å². The highest BCUT2D eigenvalue weighted by atomic mass is 32.2. The van der Waals surface area contributed by atoms with Crippen molar-refractivity contribution in [2.45, 2.75) is 6.92 Å². The van der Waals surface area contributed by atoms with E-state index in [9.17, 15) is 13.2 Å². The van der Waals surface area contributed by atoms with Gasteiger partial charge in [-0.25, -0.2) is 13.1 Å². The van der Waals surface area contributed by atoms with Crippen molar-refractivity contribution in [2.75, 3.05) is 26.0 Å². The van der Waals surface area contributed by atoms with Crippen LogP contribution in [0.15, 0.2) is 30.3 Å². The Morgan fingerprint density at radius 1 is 1.32 bits per heavy atom. The van der Waals surface area contributed by atoms with Crippen LogP contribution < -0.4 is 4.72 Å². The number of Topliss-reactive ketones (excluding diaryl/α,β-unsaturated/α-hetero) is 1. The van der Waals surface area contributed by atoms with Crippen LogP contribution in [-0.2, 0) is 14.8 Å². The van der Waals surface area contributed by atoms with E-state index in [0.717, 1.165) is 0 Å². The molecule has 0 spiro atoms. The molecule has 0 saturated carbocycles. The molecule has 0 amide bonds. The van der Waals surface area contributed by atoms with Crippen LogP contribution in [0.3, 0.4) is 0 Å². The van der Waals surface area contributed by atoms with E-state index in [4.69, 9.17) is 4.74 Å². The lowest BCUT2D eigenvalue weighted by atomic mass is 10.2. The summed E-state index contributed by atoms with van der Waals surface area (Å²) in [5.41, 5.74) is 0.401. The van der Waals surface area contributed by atoms with Crippen molar-refractivity contribution in [2.24, 2.45) is 5.92 Å². The third kappa shape index (κ3) is 5.96. The Kier molecular flexibility index (Phi) is 6.14. The van der Waals surface area contributed by atoms with Gasteiger partial charge in [0.25, 0.3) is 0 Å². The van der Waals surface area contributed by atoms with Crippen molar-refractivity contribution in [3.63, 3.8) is 0 Å². The number of methoxy groups -OCH3 is 1. The maximum Gasteiger partial charge on any atom is 0.219 e. The van der Waals surface area contributed by atoms with E-state index < -0.39 is 21.6 Å². The zero-order valence-electron chi connectivity index (χ0n) is 11.1. The average molecular weight is 285 g/mol. The minimum atomic E-state index is -3.60. The fourth-order valence-corrected chi connectivity index (χ4v) is 2.70. The molecule has 0 saturated heterocycles. The van der Waals surface area contributed by atoms with Crippen LogP contribution in [0.2, 0.25) is 0 Å². The molecule has 19 heavy (non-hydrogen) atoms. The lowest BCUT2D eigenvalue weighted by Gasteiger charge is -2.11. The molecule has 0 fully saturated rings. The topological polar surface area (TPSA) is 72.5 Å². The molecule has 106 valence electrons. The van der Waals surface area contributed by atoms with Crippen LogP contribution in [0.1, 0.15) is 17.3 Å². The number of ether oxygens (including phenoxy) is 1. The van der Waals surface area contributed by atoms with Crippen LogP contribution in [0.4, 0.5) is 0 Å². The van der Waals surface area contributed by atoms with Gasteiger partial charge in [-0.1, -0.05) is 37.3 Å². The molecule has 0 bridgehead atoms. The monoisotopic (exact) mass is 285 g/mol. The highest BCUT2D eigenvalue weighted by Gasteiger charge is 2.18. The fourth-order valence-electron chi connectivity index (χ4n) is 1.54. The summed E-state index contributed by atoms with van der Waals surface area (Å²) in [5.74, 6) is -0.879. The van der Waals surface area contributed by atoms with Gasteiger partial charge >= 0.3 is 0 Å². The van der Waals surface area contributed by atoms with Crippen LogP contribution in [0.5, 0.6) is 0 Å². The molecule has 0 aliphatic heterocycles. The Balaban J connectivity index is 2.53. The number of benzene rings is 1. The Morgan fingerprint density at radius 3 is 2.53 bits per heavy atom. The van der Waals surface area contributed by atoms with E-state index >= 15 is 0 Å². The largest absolute Gasteiger partial charge is 0.384 e. The summed E-state index contributed by atoms with van der Waals surface area (Å²) in [6, 6.07) is 8.38. The molecule has 1 rings (SSSR count). The van der Waals surface area contributed by atoms with Gasteiger partial charge in [-0.05, 0) is 5.92 Å². The number of ketones is 1. The molecule has 1 atom stereocenters. The minimum Gasteiger partial charge on any atom is -0.384 e. The number of rotatable bonds is 8. The first-order valence-electron chi connectivity index (χ1n) is 5.99. The van der Waals surface area contributed by atoms with E-state index in [-0.39, 0.29) is 12.5 Å². The third-order valence-electron chi connectivity index (χ3n) is 2.52. The standard InChI is InChI=1S/C13H19NO4S/c1-11(9-18-2)8-14-19(16,17)10-13(15)12-6-4-3-5-7-12/h3-7,11,14H,8-10H2,1-2H3. The second-order valence-electron chi connectivity index (χ2n) is 4.46. The highest BCUT2D eigenvalue weighted by molar-refractivity contribution is 7.90. The predicted octanol–water partition coefficient (Wildman–Crippen LogP) is 1.07. The fraction of sp³-hybridized carbons (Fsp3) is 0.462. The maximum atomic E-state index is 11.8. The normalized spacial score (nSPS) is 13.2. The van der Waals surface area contributed by atoms with Gasteiger partial charge in [0.1, 0.15) is 5.75 Å². The Morgan fingerprint density at radius 2 is 1.95 bits per heavy atom. The van der Waals surface area contributed by atoms with Gasteiger partial charge in [-0.2, -0.15) is 0 Å². The molecule has 0 aliphatic carbocycles. The molecular formula is C13H19NO4S. The van der Waals surface area contributed by atoms with Crippen molar-refractivity contribution in [3.05, 3.63) is 35.9 Å². The Bertz CT molecular complexity index is 499. The van der Waals surface area contributed by atoms with Gasteiger partial charge in [0, 0.05) is 25.8 Å². The van der Waals surface area contributed by atoms with Crippen LogP contribution in [0.25, 0.3) is 0 Å². The first-order valence-corrected chi connectivity index (χ1v) is 7.64. The molecule has 1 aromatic rings. The zero-order chi connectivity index (χ0) is 14.3. The van der Waals surface area contributed by atoms with Crippen molar-refractivity contribution < 1.29 is 17.9 Å². The minimum absolute atomic E-state index is 0.0617. The summed E-state index contributed by atoms with van der Waals surface area (Å²) in [7, 11) is -2.04. The summed E-state index contributed by atoms with van der Waals surface area (Å²) >= 11 is 0. The smallest absolute Gasteiger partial charge is 0.219 e. The first kappa shape index (κ1) is 15.8. The highest BCUT2D eigenvalue weighted by Crippen LogP contribution is 2.02. The van der Waals surface area contributed by atoms with E-state index in [1.54, 1.807) is 37.4 Å². The van der Waals surface area contributed by atoms with Gasteiger partial charge in [0.15, 0.2) is 5.78 Å². The van der Waals surface area contributed by atoms with Crippen LogP contribution >= 0.6 is 0 Å². The van der Waals surface area contributed by atoms with Crippen molar-refractivity contribution in [1.29, 1.82) is 0 Å². The van der Waals surface area contributed by atoms with Gasteiger partial charge in [-0.15, -0.1) is 0 Å². The summed E-state index contributed by atoms with van der Waals surface area (Å²) < 4.78 is 30.8. The van der Waals surface area contributed by atoms with E-state index in [0.29, 0.717) is 12.2 Å². The van der Waals surface area contributed by atoms with Gasteiger partial charge in [-0.3, -0.25) is 4.79 Å². The van der Waals surface area contributed by atoms with E-state index in [1.165, 1.54) is 0 Å². The number of sulfonamides is 1. The van der Waals surface area contributed by atoms with Gasteiger partial charge in [0.2, 0.25) is 10.0 Å². The number of carbonyl (C=O) groups excluding carboxylic acids is 1. The maximum absolute atomic E-state index is 11.8. The van der Waals surface area contributed by atoms with Crippen molar-refractivity contribution in [3.8, 4) is 0 Å². The molecule has 1 aromatic carbocycles. The number of carbonyl (C=O) groups is 1. The quantitative estimate of drug-likeness (QED) is 0.725. The molecule has 0 heterocycles. The summed E-state index contributed by atoms with van der Waals surface area (Å²) in [5, 5.41) is 0. The first-order chi connectivity index (χ1) is 8.94. The molecule has 0 aromatic heterocycles. The van der Waals surface area contributed by atoms with Crippen LogP contribution in [-0.4, -0.2) is 40.2 Å². The second kappa shape index (κ2) is 7.37. The third-order valence-corrected chi connectivity index (χ3v) is 3.77. The molecule has 0 aliphatic rings. The van der Waals surface area contributed by atoms with E-state index in [1.807, 2.05) is 6.92 Å². The summed E-state index contributed by atoms with van der Waals surface area (Å²) in [6.07, 6.45) is 0. The molecule has 1 unspecified atom stereocenters. The number of nitrogens with one attached hydrogen (secondary N) is 1. The van der Waals surface area contributed by atoms with E-state index in [2.05, 4.69) is 4.72 Å². The lowest BCUT2D eigenvalue weighted by molar-refractivity contribution is 0.102. The van der Waals surface area contributed by atoms with Gasteiger partial charge < -0.3 is 4.74 Å².